The predicted molar refractivity (Wildman–Crippen MR) is 78.0 cm³/mol. The monoisotopic (exact) mass is 298 g/mol. The summed E-state index contributed by atoms with van der Waals surface area (Å²) in [4.78, 5) is 0.305. The number of sulfonamides is 1. The van der Waals surface area contributed by atoms with E-state index in [9.17, 15) is 8.42 Å². The van der Waals surface area contributed by atoms with Crippen molar-refractivity contribution in [3.05, 3.63) is 29.8 Å². The highest BCUT2D eigenvalue weighted by Crippen LogP contribution is 2.14. The maximum atomic E-state index is 12.2. The zero-order chi connectivity index (χ0) is 14.4. The van der Waals surface area contributed by atoms with E-state index in [1.807, 2.05) is 12.1 Å². The SMILES string of the molecule is NCCCc1ccc(S(=O)(=O)NC2CCCOC2)cc1. The van der Waals surface area contributed by atoms with E-state index >= 15 is 0 Å². The predicted octanol–water partition coefficient (Wildman–Crippen LogP) is 1.04. The summed E-state index contributed by atoms with van der Waals surface area (Å²) in [5, 5.41) is 0. The lowest BCUT2D eigenvalue weighted by atomic mass is 10.1. The molecular weight excluding hydrogens is 276 g/mol. The maximum absolute atomic E-state index is 12.2. The Balaban J connectivity index is 2.01. The second-order valence-electron chi connectivity index (χ2n) is 5.07. The summed E-state index contributed by atoms with van der Waals surface area (Å²) in [7, 11) is -3.45. The molecule has 0 bridgehead atoms. The molecule has 1 aromatic rings. The molecule has 1 aromatic carbocycles. The normalized spacial score (nSPS) is 19.9. The van der Waals surface area contributed by atoms with Gasteiger partial charge in [-0.1, -0.05) is 12.1 Å². The van der Waals surface area contributed by atoms with E-state index in [1.54, 1.807) is 12.1 Å². The number of hydrogen-bond acceptors (Lipinski definition) is 4. The number of benzene rings is 1. The number of hydrogen-bond donors (Lipinski definition) is 2. The molecule has 2 rings (SSSR count). The highest BCUT2D eigenvalue weighted by molar-refractivity contribution is 7.89. The number of aryl methyl sites for hydroxylation is 1. The lowest BCUT2D eigenvalue weighted by Crippen LogP contribution is -2.40. The Kier molecular flexibility index (Phi) is 5.54. The lowest BCUT2D eigenvalue weighted by molar-refractivity contribution is 0.0774. The third kappa shape index (κ3) is 4.28. The quantitative estimate of drug-likeness (QED) is 0.822. The molecule has 1 atom stereocenters. The second-order valence-corrected chi connectivity index (χ2v) is 6.79. The standard InChI is InChI=1S/C14H22N2O3S/c15-9-1-3-12-5-7-14(8-6-12)20(17,18)16-13-4-2-10-19-11-13/h5-8,13,16H,1-4,9-11,15H2. The van der Waals surface area contributed by atoms with Crippen molar-refractivity contribution in [2.24, 2.45) is 5.73 Å². The maximum Gasteiger partial charge on any atom is 0.240 e. The van der Waals surface area contributed by atoms with E-state index in [2.05, 4.69) is 4.72 Å². The first-order chi connectivity index (χ1) is 9.62. The largest absolute Gasteiger partial charge is 0.380 e. The fourth-order valence-electron chi connectivity index (χ4n) is 2.26. The van der Waals surface area contributed by atoms with Crippen LogP contribution in [0.1, 0.15) is 24.8 Å². The van der Waals surface area contributed by atoms with Gasteiger partial charge in [0, 0.05) is 12.6 Å². The van der Waals surface area contributed by atoms with Crippen LogP contribution >= 0.6 is 0 Å². The van der Waals surface area contributed by atoms with Crippen LogP contribution in [0.15, 0.2) is 29.2 Å². The van der Waals surface area contributed by atoms with Crippen LogP contribution in [-0.2, 0) is 21.2 Å². The minimum atomic E-state index is -3.45. The van der Waals surface area contributed by atoms with E-state index in [4.69, 9.17) is 10.5 Å². The minimum absolute atomic E-state index is 0.120. The molecule has 1 aliphatic heterocycles. The van der Waals surface area contributed by atoms with Gasteiger partial charge in [0.05, 0.1) is 11.5 Å². The second kappa shape index (κ2) is 7.17. The topological polar surface area (TPSA) is 81.4 Å². The number of nitrogens with one attached hydrogen (secondary N) is 1. The molecular formula is C14H22N2O3S. The molecule has 5 nitrogen and oxygen atoms in total. The van der Waals surface area contributed by atoms with E-state index in [0.717, 1.165) is 31.2 Å². The zero-order valence-corrected chi connectivity index (χ0v) is 12.4. The summed E-state index contributed by atoms with van der Waals surface area (Å²) < 4.78 is 32.5. The van der Waals surface area contributed by atoms with Gasteiger partial charge in [0.15, 0.2) is 0 Å². The summed E-state index contributed by atoms with van der Waals surface area (Å²) >= 11 is 0. The van der Waals surface area contributed by atoms with Gasteiger partial charge in [-0.15, -0.1) is 0 Å². The molecule has 1 aliphatic rings. The molecule has 0 aliphatic carbocycles. The van der Waals surface area contributed by atoms with Gasteiger partial charge < -0.3 is 10.5 Å². The molecule has 1 fully saturated rings. The van der Waals surface area contributed by atoms with E-state index in [1.165, 1.54) is 0 Å². The lowest BCUT2D eigenvalue weighted by Gasteiger charge is -2.23. The van der Waals surface area contributed by atoms with Gasteiger partial charge in [-0.2, -0.15) is 0 Å². The van der Waals surface area contributed by atoms with Gasteiger partial charge >= 0.3 is 0 Å². The van der Waals surface area contributed by atoms with Crippen molar-refractivity contribution in [2.45, 2.75) is 36.6 Å². The number of rotatable bonds is 6. The van der Waals surface area contributed by atoms with Gasteiger partial charge in [-0.3, -0.25) is 0 Å². The number of nitrogens with two attached hydrogens (primary N) is 1. The molecule has 112 valence electrons. The van der Waals surface area contributed by atoms with Crippen LogP contribution in [0.4, 0.5) is 0 Å². The van der Waals surface area contributed by atoms with Crippen LogP contribution in [0.2, 0.25) is 0 Å². The van der Waals surface area contributed by atoms with Crippen LogP contribution in [0.5, 0.6) is 0 Å². The first kappa shape index (κ1) is 15.4. The van der Waals surface area contributed by atoms with Crippen molar-refractivity contribution >= 4 is 10.0 Å². The molecule has 1 heterocycles. The van der Waals surface area contributed by atoms with E-state index in [0.29, 0.717) is 24.7 Å². The molecule has 1 unspecified atom stereocenters. The summed E-state index contributed by atoms with van der Waals surface area (Å²) in [5.74, 6) is 0. The molecule has 1 saturated heterocycles. The highest BCUT2D eigenvalue weighted by Gasteiger charge is 2.22. The summed E-state index contributed by atoms with van der Waals surface area (Å²) in [6, 6.07) is 6.88. The molecule has 6 heteroatoms. The Hall–Kier alpha value is -0.950. The first-order valence-electron chi connectivity index (χ1n) is 7.01. The van der Waals surface area contributed by atoms with Crippen molar-refractivity contribution in [3.63, 3.8) is 0 Å². The van der Waals surface area contributed by atoms with Crippen molar-refractivity contribution in [3.8, 4) is 0 Å². The van der Waals surface area contributed by atoms with Gasteiger partial charge in [0.2, 0.25) is 10.0 Å². The molecule has 0 aromatic heterocycles. The fraction of sp³-hybridized carbons (Fsp3) is 0.571. The molecule has 0 saturated carbocycles. The van der Waals surface area contributed by atoms with Gasteiger partial charge in [-0.25, -0.2) is 13.1 Å². The van der Waals surface area contributed by atoms with E-state index in [-0.39, 0.29) is 6.04 Å². The average molecular weight is 298 g/mol. The average Bonchev–Trinajstić information content (AvgIpc) is 2.46. The minimum Gasteiger partial charge on any atom is -0.380 e. The summed E-state index contributed by atoms with van der Waals surface area (Å²) in [5.41, 5.74) is 6.57. The van der Waals surface area contributed by atoms with Crippen molar-refractivity contribution < 1.29 is 13.2 Å². The Labute approximate surface area is 120 Å². The summed E-state index contributed by atoms with van der Waals surface area (Å²) in [6.45, 7) is 1.81. The van der Waals surface area contributed by atoms with Gasteiger partial charge in [0.1, 0.15) is 0 Å². The van der Waals surface area contributed by atoms with Crippen molar-refractivity contribution in [2.75, 3.05) is 19.8 Å². The third-order valence-corrected chi connectivity index (χ3v) is 4.92. The molecule has 0 spiro atoms. The Bertz CT molecular complexity index is 508. The highest BCUT2D eigenvalue weighted by atomic mass is 32.2. The van der Waals surface area contributed by atoms with Gasteiger partial charge in [0.25, 0.3) is 0 Å². The van der Waals surface area contributed by atoms with Crippen LogP contribution in [-0.4, -0.2) is 34.2 Å². The van der Waals surface area contributed by atoms with Crippen LogP contribution in [0, 0.1) is 0 Å². The first-order valence-corrected chi connectivity index (χ1v) is 8.49. The Morgan fingerprint density at radius 2 is 2.05 bits per heavy atom. The van der Waals surface area contributed by atoms with Crippen LogP contribution < -0.4 is 10.5 Å². The van der Waals surface area contributed by atoms with Crippen LogP contribution in [0.3, 0.4) is 0 Å². The molecule has 3 N–H and O–H groups in total. The number of ether oxygens (including phenoxy) is 1. The van der Waals surface area contributed by atoms with Crippen molar-refractivity contribution in [1.29, 1.82) is 0 Å². The molecule has 20 heavy (non-hydrogen) atoms. The molecule has 0 amide bonds. The zero-order valence-electron chi connectivity index (χ0n) is 11.5. The molecule has 0 radical (unpaired) electrons. The third-order valence-electron chi connectivity index (χ3n) is 3.39. The fourth-order valence-corrected chi connectivity index (χ4v) is 3.52. The van der Waals surface area contributed by atoms with Crippen LogP contribution in [0.25, 0.3) is 0 Å². The van der Waals surface area contributed by atoms with Gasteiger partial charge in [-0.05, 0) is 49.9 Å². The summed E-state index contributed by atoms with van der Waals surface area (Å²) in [6.07, 6.45) is 3.50. The van der Waals surface area contributed by atoms with Crippen molar-refractivity contribution in [1.82, 2.24) is 4.72 Å². The smallest absolute Gasteiger partial charge is 0.240 e. The Morgan fingerprint density at radius 1 is 1.30 bits per heavy atom. The Morgan fingerprint density at radius 3 is 2.65 bits per heavy atom. The van der Waals surface area contributed by atoms with E-state index < -0.39 is 10.0 Å².